The summed E-state index contributed by atoms with van der Waals surface area (Å²) in [4.78, 5) is 0. The van der Waals surface area contributed by atoms with Crippen LogP contribution in [-0.2, 0) is 15.9 Å². The number of hydrogen-bond acceptors (Lipinski definition) is 3. The molecule has 0 spiro atoms. The standard InChI is InChI=1S/C14H21NO2/c1-10(15)8-11-6-4-5-7-12(11)13-9-16-14(2,3)17-13/h4-7,10,13H,8-9,15H2,1-3H3. The van der Waals surface area contributed by atoms with E-state index in [0.717, 1.165) is 6.42 Å². The van der Waals surface area contributed by atoms with Gasteiger partial charge in [-0.2, -0.15) is 0 Å². The highest BCUT2D eigenvalue weighted by Gasteiger charge is 2.34. The van der Waals surface area contributed by atoms with Crippen molar-refractivity contribution in [2.75, 3.05) is 6.61 Å². The SMILES string of the molecule is CC(N)Cc1ccccc1C1COC(C)(C)O1. The average molecular weight is 235 g/mol. The predicted octanol–water partition coefficient (Wildman–Crippen LogP) is 2.40. The van der Waals surface area contributed by atoms with Gasteiger partial charge in [-0.15, -0.1) is 0 Å². The van der Waals surface area contributed by atoms with E-state index in [1.807, 2.05) is 32.9 Å². The molecule has 2 unspecified atom stereocenters. The first kappa shape index (κ1) is 12.6. The molecule has 17 heavy (non-hydrogen) atoms. The van der Waals surface area contributed by atoms with Gasteiger partial charge in [-0.1, -0.05) is 24.3 Å². The van der Waals surface area contributed by atoms with Gasteiger partial charge in [0.15, 0.2) is 5.79 Å². The van der Waals surface area contributed by atoms with Crippen molar-refractivity contribution in [1.82, 2.24) is 0 Å². The van der Waals surface area contributed by atoms with Crippen molar-refractivity contribution in [1.29, 1.82) is 0 Å². The lowest BCUT2D eigenvalue weighted by Crippen LogP contribution is -2.21. The molecule has 3 heteroatoms. The van der Waals surface area contributed by atoms with Crippen LogP contribution in [-0.4, -0.2) is 18.4 Å². The fraction of sp³-hybridized carbons (Fsp3) is 0.571. The number of benzene rings is 1. The van der Waals surface area contributed by atoms with Gasteiger partial charge in [-0.3, -0.25) is 0 Å². The second-order valence-corrected chi connectivity index (χ2v) is 5.20. The lowest BCUT2D eigenvalue weighted by atomic mass is 9.98. The van der Waals surface area contributed by atoms with Crippen LogP contribution in [0.3, 0.4) is 0 Å². The Morgan fingerprint density at radius 1 is 1.41 bits per heavy atom. The maximum atomic E-state index is 5.89. The maximum absolute atomic E-state index is 5.89. The third-order valence-electron chi connectivity index (χ3n) is 2.95. The van der Waals surface area contributed by atoms with E-state index in [9.17, 15) is 0 Å². The van der Waals surface area contributed by atoms with Crippen molar-refractivity contribution in [3.05, 3.63) is 35.4 Å². The summed E-state index contributed by atoms with van der Waals surface area (Å²) in [6, 6.07) is 8.46. The van der Waals surface area contributed by atoms with Gasteiger partial charge in [0.25, 0.3) is 0 Å². The van der Waals surface area contributed by atoms with E-state index in [2.05, 4.69) is 12.1 Å². The zero-order chi connectivity index (χ0) is 12.5. The summed E-state index contributed by atoms with van der Waals surface area (Å²) in [5.41, 5.74) is 8.34. The van der Waals surface area contributed by atoms with E-state index in [1.54, 1.807) is 0 Å². The maximum Gasteiger partial charge on any atom is 0.163 e. The largest absolute Gasteiger partial charge is 0.347 e. The Bertz CT molecular complexity index is 388. The van der Waals surface area contributed by atoms with Gasteiger partial charge in [0, 0.05) is 6.04 Å². The Labute approximate surface area is 103 Å². The van der Waals surface area contributed by atoms with Crippen LogP contribution in [0.1, 0.15) is 38.0 Å². The van der Waals surface area contributed by atoms with Gasteiger partial charge in [-0.05, 0) is 38.3 Å². The summed E-state index contributed by atoms with van der Waals surface area (Å²) in [6.07, 6.45) is 0.899. The van der Waals surface area contributed by atoms with Crippen LogP contribution in [0.2, 0.25) is 0 Å². The van der Waals surface area contributed by atoms with Crippen LogP contribution in [0.25, 0.3) is 0 Å². The minimum atomic E-state index is -0.480. The second kappa shape index (κ2) is 4.77. The van der Waals surface area contributed by atoms with Crippen LogP contribution in [0.5, 0.6) is 0 Å². The first-order chi connectivity index (χ1) is 7.98. The first-order valence-electron chi connectivity index (χ1n) is 6.13. The van der Waals surface area contributed by atoms with Crippen molar-refractivity contribution in [2.45, 2.75) is 45.1 Å². The van der Waals surface area contributed by atoms with E-state index in [1.165, 1.54) is 11.1 Å². The van der Waals surface area contributed by atoms with Crippen LogP contribution in [0.4, 0.5) is 0 Å². The Morgan fingerprint density at radius 3 is 2.71 bits per heavy atom. The summed E-state index contributed by atoms with van der Waals surface area (Å²) >= 11 is 0. The lowest BCUT2D eigenvalue weighted by molar-refractivity contribution is -0.139. The molecule has 0 amide bonds. The van der Waals surface area contributed by atoms with E-state index in [0.29, 0.717) is 6.61 Å². The summed E-state index contributed by atoms with van der Waals surface area (Å²) in [7, 11) is 0. The van der Waals surface area contributed by atoms with Gasteiger partial charge in [0.1, 0.15) is 6.10 Å². The number of ether oxygens (including phenoxy) is 2. The van der Waals surface area contributed by atoms with Gasteiger partial charge in [0.05, 0.1) is 6.61 Å². The molecule has 2 rings (SSSR count). The van der Waals surface area contributed by atoms with Crippen molar-refractivity contribution < 1.29 is 9.47 Å². The predicted molar refractivity (Wildman–Crippen MR) is 67.7 cm³/mol. The Hall–Kier alpha value is -0.900. The Balaban J connectivity index is 2.21. The lowest BCUT2D eigenvalue weighted by Gasteiger charge is -2.19. The fourth-order valence-corrected chi connectivity index (χ4v) is 2.22. The number of rotatable bonds is 3. The first-order valence-corrected chi connectivity index (χ1v) is 6.13. The van der Waals surface area contributed by atoms with Crippen LogP contribution < -0.4 is 5.73 Å². The quantitative estimate of drug-likeness (QED) is 0.875. The third-order valence-corrected chi connectivity index (χ3v) is 2.95. The molecule has 3 nitrogen and oxygen atoms in total. The highest BCUT2D eigenvalue weighted by molar-refractivity contribution is 5.30. The molecule has 2 N–H and O–H groups in total. The van der Waals surface area contributed by atoms with Gasteiger partial charge >= 0.3 is 0 Å². The molecule has 0 radical (unpaired) electrons. The zero-order valence-corrected chi connectivity index (χ0v) is 10.8. The number of hydrogen-bond donors (Lipinski definition) is 1. The summed E-state index contributed by atoms with van der Waals surface area (Å²) in [5.74, 6) is -0.480. The Kier molecular flexibility index (Phi) is 3.52. The molecule has 0 aliphatic carbocycles. The Morgan fingerprint density at radius 2 is 2.12 bits per heavy atom. The molecule has 0 aromatic heterocycles. The van der Waals surface area contributed by atoms with Crippen LogP contribution in [0.15, 0.2) is 24.3 Å². The average Bonchev–Trinajstić information content (AvgIpc) is 2.59. The molecule has 1 heterocycles. The molecular weight excluding hydrogens is 214 g/mol. The van der Waals surface area contributed by atoms with Gasteiger partial charge < -0.3 is 15.2 Å². The normalized spacial score (nSPS) is 24.8. The minimum Gasteiger partial charge on any atom is -0.347 e. The summed E-state index contributed by atoms with van der Waals surface area (Å²) in [6.45, 7) is 6.53. The third kappa shape index (κ3) is 3.06. The molecule has 2 atom stereocenters. The highest BCUT2D eigenvalue weighted by Crippen LogP contribution is 2.34. The molecule has 1 aliphatic heterocycles. The van der Waals surface area contributed by atoms with Crippen LogP contribution >= 0.6 is 0 Å². The van der Waals surface area contributed by atoms with Crippen molar-refractivity contribution in [2.24, 2.45) is 5.73 Å². The molecule has 1 aromatic carbocycles. The monoisotopic (exact) mass is 235 g/mol. The molecule has 1 aliphatic rings. The topological polar surface area (TPSA) is 44.5 Å². The van der Waals surface area contributed by atoms with Gasteiger partial charge in [-0.25, -0.2) is 0 Å². The van der Waals surface area contributed by atoms with Crippen molar-refractivity contribution in [3.63, 3.8) is 0 Å². The fourth-order valence-electron chi connectivity index (χ4n) is 2.22. The van der Waals surface area contributed by atoms with Gasteiger partial charge in [0.2, 0.25) is 0 Å². The molecule has 1 saturated heterocycles. The molecule has 0 saturated carbocycles. The minimum absolute atomic E-state index is 0.0277. The van der Waals surface area contributed by atoms with Crippen molar-refractivity contribution >= 4 is 0 Å². The summed E-state index contributed by atoms with van der Waals surface area (Å²) < 4.78 is 11.5. The molecule has 1 aromatic rings. The van der Waals surface area contributed by atoms with E-state index < -0.39 is 5.79 Å². The van der Waals surface area contributed by atoms with E-state index in [-0.39, 0.29) is 12.1 Å². The van der Waals surface area contributed by atoms with Crippen LogP contribution in [0, 0.1) is 0 Å². The summed E-state index contributed by atoms with van der Waals surface area (Å²) in [5, 5.41) is 0. The number of nitrogens with two attached hydrogens (primary N) is 1. The smallest absolute Gasteiger partial charge is 0.163 e. The molecule has 1 fully saturated rings. The molecular formula is C14H21NO2. The highest BCUT2D eigenvalue weighted by atomic mass is 16.7. The molecule has 0 bridgehead atoms. The second-order valence-electron chi connectivity index (χ2n) is 5.20. The van der Waals surface area contributed by atoms with E-state index >= 15 is 0 Å². The molecule has 94 valence electrons. The van der Waals surface area contributed by atoms with E-state index in [4.69, 9.17) is 15.2 Å². The zero-order valence-electron chi connectivity index (χ0n) is 10.8. The van der Waals surface area contributed by atoms with Crippen molar-refractivity contribution in [3.8, 4) is 0 Å².